The van der Waals surface area contributed by atoms with Gasteiger partial charge in [0.25, 0.3) is 5.16 Å². The van der Waals surface area contributed by atoms with Crippen molar-refractivity contribution < 1.29 is 93.4 Å². The number of anilines is 10. The first-order chi connectivity index (χ1) is 69.3. The summed E-state index contributed by atoms with van der Waals surface area (Å²) in [7, 11) is -8.65. The van der Waals surface area contributed by atoms with Gasteiger partial charge >= 0.3 is 105 Å². The van der Waals surface area contributed by atoms with Crippen LogP contribution in [0.2, 0.25) is 36.3 Å². The molecule has 4 unspecified atom stereocenters. The van der Waals surface area contributed by atoms with Crippen molar-refractivity contribution in [1.29, 1.82) is 0 Å². The number of aromatic nitrogens is 10. The molecule has 0 saturated carbocycles. The topological polar surface area (TPSA) is 677 Å². The van der Waals surface area contributed by atoms with Gasteiger partial charge in [-0.15, -0.1) is 13.2 Å². The van der Waals surface area contributed by atoms with E-state index >= 15 is 0 Å². The number of hydrogen-bond acceptors (Lipinski definition) is 39. The summed E-state index contributed by atoms with van der Waals surface area (Å²) >= 11 is 7.42. The Morgan fingerprint density at radius 1 is 0.613 bits per heavy atom. The second-order valence-corrected chi connectivity index (χ2v) is 95.9. The summed E-state index contributed by atoms with van der Waals surface area (Å²) in [5.41, 5.74) is 30.1. The maximum absolute atomic E-state index is 13.1. The molecule has 150 heavy (non-hydrogen) atoms. The Hall–Kier alpha value is -11.7. The fourth-order valence-corrected chi connectivity index (χ4v) is 15.5. The number of nitrogen functional groups attached to an aromatic ring is 4. The molecule has 9 aromatic rings. The number of allylic oxidation sites excluding steroid dienone is 4. The van der Waals surface area contributed by atoms with E-state index in [0.717, 1.165) is 51.5 Å². The number of nitrogens with two attached hydrogens (primary N) is 5. The second-order valence-electron chi connectivity index (χ2n) is 35.8. The third-order valence-electron chi connectivity index (χ3n) is 22.5. The fourth-order valence-electron chi connectivity index (χ4n) is 13.0. The molecule has 0 spiro atoms. The van der Waals surface area contributed by atoms with Gasteiger partial charge in [0.1, 0.15) is 41.7 Å². The van der Waals surface area contributed by atoms with E-state index < -0.39 is 117 Å². The van der Waals surface area contributed by atoms with Gasteiger partial charge in [-0.2, -0.15) is 39.9 Å². The number of ether oxygens (including phenoxy) is 5. The van der Waals surface area contributed by atoms with Crippen LogP contribution in [0.15, 0.2) is 157 Å². The second kappa shape index (κ2) is 63.6. The smallest absolute Gasteiger partial charge is 0.328 e. The minimum Gasteiger partial charge on any atom is -0.490 e. The summed E-state index contributed by atoms with van der Waals surface area (Å²) in [6, 6.07) is 27.5. The Morgan fingerprint density at radius 2 is 1.05 bits per heavy atom. The zero-order valence-corrected chi connectivity index (χ0v) is 95.8. The number of H-pyrrole nitrogens is 1. The van der Waals surface area contributed by atoms with Crippen molar-refractivity contribution in [3.8, 4) is 23.0 Å². The molecule has 8 bridgehead atoms. The normalized spacial score (nSPS) is 14.4. The average molecular weight is 2600 g/mol. The number of imidazole rings is 1. The summed E-state index contributed by atoms with van der Waals surface area (Å²) in [4.78, 5) is 123. The Morgan fingerprint density at radius 3 is 1.48 bits per heavy atom. The molecule has 18 N–H and O–H groups in total. The maximum Gasteiger partial charge on any atom is 0.328 e. The summed E-state index contributed by atoms with van der Waals surface area (Å²) < 4.78 is 65.3. The summed E-state index contributed by atoms with van der Waals surface area (Å²) in [6.45, 7) is 33.4. The van der Waals surface area contributed by atoms with Gasteiger partial charge in [0.2, 0.25) is 79.2 Å². The van der Waals surface area contributed by atoms with Crippen LogP contribution in [0, 0.1) is 30.3 Å². The third-order valence-corrected chi connectivity index (χ3v) is 32.0. The van der Waals surface area contributed by atoms with Crippen LogP contribution >= 0.6 is 63.7 Å². The summed E-state index contributed by atoms with van der Waals surface area (Å²) in [6.07, 6.45) is 14.9. The first kappa shape index (κ1) is 132. The number of carbonyl (C=O) groups is 3. The first-order valence-electron chi connectivity index (χ1n) is 46.3. The molecular formula is C96H148I4N24O23SSi2. The average Bonchev–Trinajstić information content (AvgIpc) is 1.58. The number of hydrogen-bond donors (Lipinski definition) is 13. The van der Waals surface area contributed by atoms with Gasteiger partial charge in [-0.3, -0.25) is 49.6 Å². The van der Waals surface area contributed by atoms with E-state index in [9.17, 15) is 73.3 Å². The first-order valence-corrected chi connectivity index (χ1v) is 72.8. The van der Waals surface area contributed by atoms with Crippen molar-refractivity contribution in [2.75, 3.05) is 119 Å². The maximum atomic E-state index is 13.1. The number of nitrogens with zero attached hydrogens (tertiary/aromatic N) is 15. The number of nitrogens with one attached hydrogen (secondary N) is 4. The van der Waals surface area contributed by atoms with Crippen molar-refractivity contribution in [2.45, 2.75) is 228 Å². The molecule has 0 radical (unpaired) electrons. The van der Waals surface area contributed by atoms with E-state index in [0.29, 0.717) is 97.0 Å². The van der Waals surface area contributed by atoms with Gasteiger partial charge in [0.15, 0.2) is 11.5 Å². The molecule has 2 aliphatic heterocycles. The van der Waals surface area contributed by atoms with Gasteiger partial charge in [-0.05, 0) is 179 Å². The quantitative estimate of drug-likeness (QED) is 0.00394. The van der Waals surface area contributed by atoms with Crippen LogP contribution in [-0.4, -0.2) is 218 Å². The van der Waals surface area contributed by atoms with Crippen molar-refractivity contribution in [3.63, 3.8) is 0 Å². The van der Waals surface area contributed by atoms with Crippen molar-refractivity contribution in [1.82, 2.24) is 49.4 Å². The molecule has 832 valence electrons. The molecule has 0 aliphatic carbocycles. The molecule has 47 nitrogen and oxygen atoms in total. The minimum atomic E-state index is -3.99. The van der Waals surface area contributed by atoms with Crippen LogP contribution in [0.4, 0.5) is 90.0 Å². The number of nitro groups is 3. The number of rotatable bonds is 29. The molecule has 7 heterocycles. The fraction of sp³-hybridized carbons (Fsp3) is 0.458. The zero-order chi connectivity index (χ0) is 109. The third kappa shape index (κ3) is 41.5. The molecule has 4 atom stereocenters. The molecule has 0 saturated heterocycles. The van der Waals surface area contributed by atoms with Gasteiger partial charge in [-0.1, -0.05) is 149 Å². The largest absolute Gasteiger partial charge is 0.490 e. The number of carbonyl (C=O) groups excluding carboxylic acids is 3. The van der Waals surface area contributed by atoms with Crippen molar-refractivity contribution in [3.05, 3.63) is 210 Å². The molecule has 0 fully saturated rings. The van der Waals surface area contributed by atoms with Crippen molar-refractivity contribution >= 4 is 195 Å². The number of sulfone groups is 1. The number of aliphatic hydroxyl groups is 4. The van der Waals surface area contributed by atoms with E-state index in [1.54, 1.807) is 99.7 Å². The summed E-state index contributed by atoms with van der Waals surface area (Å²) in [5.74, 6) is 0.0792. The Balaban J connectivity index is 0.000000969. The van der Waals surface area contributed by atoms with Crippen molar-refractivity contribution in [2.24, 2.45) is 5.73 Å². The minimum absolute atomic E-state index is 0. The SMILES string of the molecule is C.C.C.C=CCCC(CO)Nc1nc(N)c([N+](=O)[O-])c(N(Cc2cccc(O[Si](C)(C)C(C)(C)C)c2)C(=O)OCC)n1.C=CCCC(N)CO.CCOC(=O)N(Cc1cccc(O[Si](C)(C)C(C)(C)C)c1)c1nc(S(C)(=O)=O)nc(N)c1[N+](=O)[O-].CCOC(=O)N1Cc2cccc(c2)OC/C=C/CCC(CO)Nc2nc(N)c([N+](=O)[O-])c1n2.II(I)I.Nc1nc2nc3c1[nH]c(=O)n3Cc1cccc(c1)OC/C=C/CCC(CO)N2.[HH].[HH]. The van der Waals surface area contributed by atoms with E-state index in [2.05, 4.69) is 198 Å². The summed E-state index contributed by atoms with van der Waals surface area (Å²) in [5, 5.41) is 81.2. The molecule has 5 aromatic heterocycles. The van der Waals surface area contributed by atoms with Crippen LogP contribution in [0.25, 0.3) is 11.2 Å². The molecule has 54 heteroatoms. The number of halogens is 4. The van der Waals surface area contributed by atoms with E-state index in [1.165, 1.54) is 4.57 Å². The monoisotopic (exact) mass is 2600 g/mol. The molecule has 4 aromatic carbocycles. The van der Waals surface area contributed by atoms with E-state index in [-0.39, 0.29) is 162 Å². The molecule has 3 amide bonds. The Labute approximate surface area is 915 Å². The predicted molar refractivity (Wildman–Crippen MR) is 631 cm³/mol. The van der Waals surface area contributed by atoms with Gasteiger partial charge < -0.3 is 103 Å². The Kier molecular flexibility index (Phi) is 56.2. The Bertz CT molecular complexity index is 6200. The molecular weight excluding hydrogens is 2450 g/mol. The van der Waals surface area contributed by atoms with Crippen LogP contribution in [0.5, 0.6) is 23.0 Å². The van der Waals surface area contributed by atoms with E-state index in [4.69, 9.17) is 66.3 Å². The van der Waals surface area contributed by atoms with Gasteiger partial charge in [-0.25, -0.2) is 27.6 Å². The van der Waals surface area contributed by atoms with Crippen LogP contribution in [0.3, 0.4) is 0 Å². The van der Waals surface area contributed by atoms with Crippen LogP contribution < -0.4 is 83.3 Å². The standard InChI is InChI=1S/C26H40N6O6Si.C21H26N6O6.C21H31N5O7SSi.C19H22N6O3.C6H13NO.3CH4.I4.2H2/c1-8-10-13-19(17-33)28-24-29-22(27)21(32(35)36)23(30-24)31(25(34)37-9-2)16-18-12-11-14-20(15-18)38-39(6,7)26(3,4)5;1-2-32-21(29)26-12-14-7-6-9-16(11-14)33-10-5-3-4-8-15(13-28)23-20-24-18(22)17(27(30)31)19(26)25-20;1-8-32-20(27)25(18-16(26(28)29)17(22)23-19(24-18)34(5,30)31)13-14-10-9-11-15(12-14)33-35(6,7)21(2,3)4;20-16-15-17-24-18(23-16)21-13(11-26)6-2-1-3-8-28-14-7-4-5-12(9-14)10-25(17)19(27)22-15;1-2-3-4-6(7)5-8;;;;1-4(2)3;;/h8,11-12,14-15,19,33H,1,9-10,13,16-17H2,2-7H3,(H3,27,28,29,30);3,5-7,9,11,15,28H,2,4,8,10,12-13H2,1H3,(H3,22,23,24,25);9-12H,8,13H2,1-7H3,(H2,22,23,24);1,3-5,7,9,13,26H,2,6,8,10-11H2,(H,22,27)(H3,20,21,23,24);2,6,8H,1,3-5,7H2;3*1H4;;2*1H/b;5-3+;;3-1+;;;;;;;. The van der Waals surface area contributed by atoms with Gasteiger partial charge in [0.05, 0.1) is 105 Å². The number of aromatic amines is 1. The van der Waals surface area contributed by atoms with E-state index in [1.807, 2.05) is 54.6 Å². The zero-order valence-electron chi connectivity index (χ0n) is 84.3. The number of fused-ring (bicyclic) bond motifs is 7. The predicted octanol–water partition coefficient (Wildman–Crippen LogP) is 19.3. The van der Waals surface area contributed by atoms with Crippen LogP contribution in [-0.2, 0) is 50.2 Å². The van der Waals surface area contributed by atoms with Crippen LogP contribution in [0.1, 0.15) is 161 Å². The number of amides is 3. The number of aliphatic hydroxyl groups excluding tert-OH is 4. The molecule has 11 rings (SSSR count). The van der Waals surface area contributed by atoms with Gasteiger partial charge in [0, 0.05) is 15.2 Å². The number of benzene rings is 4. The molecule has 2 aliphatic rings.